The van der Waals surface area contributed by atoms with Crippen molar-refractivity contribution in [3.8, 4) is 0 Å². The fraction of sp³-hybridized carbons (Fsp3) is 0.871. The van der Waals surface area contributed by atoms with E-state index in [4.69, 9.17) is 56.8 Å². The van der Waals surface area contributed by atoms with Gasteiger partial charge in [-0.15, -0.1) is 0 Å². The lowest BCUT2D eigenvalue weighted by Gasteiger charge is -2.31. The number of hydrogen-bond acceptors (Lipinski definition) is 24. The van der Waals surface area contributed by atoms with Gasteiger partial charge in [0, 0.05) is 81.1 Å². The van der Waals surface area contributed by atoms with Gasteiger partial charge in [0.05, 0.1) is 0 Å². The Balaban J connectivity index is 6.58. The third-order valence-electron chi connectivity index (χ3n) is 21.2. The van der Waals surface area contributed by atoms with E-state index in [1.807, 2.05) is 0 Å². The molecule has 24 nitrogen and oxygen atoms in total. The quantitative estimate of drug-likeness (QED) is 0.0310. The van der Waals surface area contributed by atoms with Crippen molar-refractivity contribution in [1.82, 2.24) is 0 Å². The number of unbranched alkanes of at least 4 members (excludes halogenated alkanes) is 28. The van der Waals surface area contributed by atoms with E-state index in [-0.39, 0.29) is 122 Å². The Morgan fingerprint density at radius 1 is 0.179 bits per heavy atom. The third kappa shape index (κ3) is 71.1. The summed E-state index contributed by atoms with van der Waals surface area (Å²) in [6.07, 6.45) is 39.5. The Labute approximate surface area is 706 Å². The van der Waals surface area contributed by atoms with Crippen LogP contribution >= 0.6 is 0 Å². The van der Waals surface area contributed by atoms with Crippen molar-refractivity contribution in [2.24, 2.45) is 5.41 Å². The van der Waals surface area contributed by atoms with Gasteiger partial charge in [-0.05, 0) is 180 Å². The van der Waals surface area contributed by atoms with Crippen molar-refractivity contribution >= 4 is 71.6 Å². The summed E-state index contributed by atoms with van der Waals surface area (Å²) in [6, 6.07) is 0. The zero-order valence-corrected chi connectivity index (χ0v) is 75.3. The summed E-state index contributed by atoms with van der Waals surface area (Å²) in [5.41, 5.74) is -1.49. The smallest absolute Gasteiger partial charge is 0.305 e. The summed E-state index contributed by atoms with van der Waals surface area (Å²) in [4.78, 5) is 151. The fourth-order valence-electron chi connectivity index (χ4n) is 14.8. The highest BCUT2D eigenvalue weighted by molar-refractivity contribution is 5.72. The van der Waals surface area contributed by atoms with E-state index in [0.717, 1.165) is 205 Å². The summed E-state index contributed by atoms with van der Waals surface area (Å²) in [6.45, 7) is 18.2. The van der Waals surface area contributed by atoms with Gasteiger partial charge in [0.1, 0.15) is 80.7 Å². The first kappa shape index (κ1) is 111. The first-order valence-corrected chi connectivity index (χ1v) is 46.1. The normalized spacial score (nSPS) is 13.8. The minimum absolute atomic E-state index is 0.0573. The van der Waals surface area contributed by atoms with Crippen LogP contribution < -0.4 is 0 Å². The maximum Gasteiger partial charge on any atom is 0.305 e. The van der Waals surface area contributed by atoms with Crippen molar-refractivity contribution in [3.05, 3.63) is 0 Å². The van der Waals surface area contributed by atoms with Gasteiger partial charge in [-0.1, -0.05) is 182 Å². The van der Waals surface area contributed by atoms with Crippen LogP contribution in [0.4, 0.5) is 0 Å². The van der Waals surface area contributed by atoms with Crippen molar-refractivity contribution in [2.45, 2.75) is 491 Å². The molecule has 24 heteroatoms. The van der Waals surface area contributed by atoms with Crippen molar-refractivity contribution in [3.63, 3.8) is 0 Å². The van der Waals surface area contributed by atoms with Gasteiger partial charge in [-0.3, -0.25) is 57.5 Å². The largest absolute Gasteiger partial charge is 0.465 e. The fourth-order valence-corrected chi connectivity index (χ4v) is 14.8. The average Bonchev–Trinajstić information content (AvgIpc) is 0.849. The molecule has 0 spiro atoms. The Kier molecular flexibility index (Phi) is 70.6. The molecule has 0 fully saturated rings. The van der Waals surface area contributed by atoms with E-state index >= 15 is 0 Å². The second-order valence-electron chi connectivity index (χ2n) is 32.9. The molecule has 8 atom stereocenters. The average molecular weight is 1670 g/mol. The summed E-state index contributed by atoms with van der Waals surface area (Å²) < 4.78 is 69.3. The van der Waals surface area contributed by atoms with Crippen LogP contribution in [0.5, 0.6) is 0 Å². The van der Waals surface area contributed by atoms with Gasteiger partial charge in [-0.25, -0.2) is 0 Å². The second-order valence-corrected chi connectivity index (χ2v) is 32.9. The molecule has 0 radical (unpaired) electrons. The lowest BCUT2D eigenvalue weighted by atomic mass is 9.92. The first-order valence-electron chi connectivity index (χ1n) is 46.1. The van der Waals surface area contributed by atoms with Crippen LogP contribution in [0.2, 0.25) is 0 Å². The molecule has 8 unspecified atom stereocenters. The lowest BCUT2D eigenvalue weighted by Crippen LogP contribution is -2.44. The summed E-state index contributed by atoms with van der Waals surface area (Å²) in [5.74, 6) is -4.93. The Morgan fingerprint density at radius 3 is 0.444 bits per heavy atom. The number of ether oxygens (including phenoxy) is 12. The van der Waals surface area contributed by atoms with Crippen LogP contribution in [0.1, 0.15) is 443 Å². The highest BCUT2D eigenvalue weighted by atomic mass is 16.6. The maximum atomic E-state index is 13.8. The molecule has 0 aliphatic carbocycles. The molecular weight excluding hydrogens is 1500 g/mol. The van der Waals surface area contributed by atoms with Crippen LogP contribution in [0, 0.1) is 5.41 Å². The Hall–Kier alpha value is -6.36. The minimum atomic E-state index is -1.49. The minimum Gasteiger partial charge on any atom is -0.465 e. The predicted molar refractivity (Wildman–Crippen MR) is 452 cm³/mol. The molecule has 0 N–H and O–H groups in total. The van der Waals surface area contributed by atoms with Crippen LogP contribution in [-0.2, 0) is 114 Å². The van der Waals surface area contributed by atoms with Crippen molar-refractivity contribution in [2.75, 3.05) is 26.4 Å². The van der Waals surface area contributed by atoms with E-state index in [1.54, 1.807) is 0 Å². The summed E-state index contributed by atoms with van der Waals surface area (Å²) >= 11 is 0. The van der Waals surface area contributed by atoms with E-state index in [2.05, 4.69) is 27.7 Å². The van der Waals surface area contributed by atoms with Crippen LogP contribution in [0.25, 0.3) is 0 Å². The monoisotopic (exact) mass is 1670 g/mol. The second kappa shape index (κ2) is 74.7. The van der Waals surface area contributed by atoms with Crippen LogP contribution in [0.15, 0.2) is 0 Å². The zero-order valence-electron chi connectivity index (χ0n) is 75.3. The highest BCUT2D eigenvalue weighted by Crippen LogP contribution is 2.28. The van der Waals surface area contributed by atoms with Crippen molar-refractivity contribution < 1.29 is 114 Å². The van der Waals surface area contributed by atoms with E-state index in [9.17, 15) is 57.5 Å². The Morgan fingerprint density at radius 2 is 0.308 bits per heavy atom. The standard InChI is InChI=1S/C93H164O24/c1-13-17-21-37-49-81(110-73(5)94)61-65-85(114-77(9)98)53-41-29-25-33-45-57-89(102)106-69-93(70-107-90(103)58-46-34-26-30-42-54-86(115-78(10)99)66-62-82(111-74(6)95)50-38-22-18-14-2,71-108-91(104)59-47-35-27-31-43-55-87(116-79(11)100)67-63-83(112-75(7)96)51-39-23-19-15-3)72-109-92(105)60-48-36-28-32-44-56-88(117-80(12)101)68-64-84(113-76(8)97)52-40-24-20-16-4/h81-88H,13-72H2,1-12H3. The molecule has 0 heterocycles. The van der Waals surface area contributed by atoms with Gasteiger partial charge >= 0.3 is 71.6 Å². The maximum absolute atomic E-state index is 13.8. The molecule has 680 valence electrons. The van der Waals surface area contributed by atoms with Gasteiger partial charge in [0.2, 0.25) is 0 Å². The molecule has 0 bridgehead atoms. The molecule has 0 amide bonds. The first-order chi connectivity index (χ1) is 56.1. The van der Waals surface area contributed by atoms with Crippen molar-refractivity contribution in [1.29, 1.82) is 0 Å². The Bertz CT molecular complexity index is 2280. The number of carbonyl (C=O) groups excluding carboxylic acids is 12. The molecule has 0 aliphatic heterocycles. The van der Waals surface area contributed by atoms with E-state index in [0.29, 0.717) is 128 Å². The summed E-state index contributed by atoms with van der Waals surface area (Å²) in [7, 11) is 0. The van der Waals surface area contributed by atoms with Gasteiger partial charge in [-0.2, -0.15) is 0 Å². The van der Waals surface area contributed by atoms with Crippen LogP contribution in [-0.4, -0.2) is 147 Å². The molecule has 0 rings (SSSR count). The molecule has 0 aliphatic rings. The van der Waals surface area contributed by atoms with E-state index in [1.165, 1.54) is 55.4 Å². The lowest BCUT2D eigenvalue weighted by molar-refractivity contribution is -0.171. The number of hydrogen-bond donors (Lipinski definition) is 0. The van der Waals surface area contributed by atoms with Gasteiger partial charge < -0.3 is 56.8 Å². The number of esters is 12. The molecule has 0 aromatic rings. The van der Waals surface area contributed by atoms with Gasteiger partial charge in [0.25, 0.3) is 0 Å². The summed E-state index contributed by atoms with van der Waals surface area (Å²) in [5, 5.41) is 0. The molecular formula is C93H164O24. The molecule has 0 saturated heterocycles. The SMILES string of the molecule is CCCCCCC(CCC(CCCCCCCC(=O)OCC(COC(=O)CCCCCCCC(CCC(CCCCCC)OC(C)=O)OC(C)=O)(COC(=O)CCCCCCCC(CCC(CCCCCC)OC(C)=O)OC(C)=O)COC(=O)CCCCCCCC(CCC(CCCCCC)OC(C)=O)OC(C)=O)OC(C)=O)OC(C)=O. The van der Waals surface area contributed by atoms with Crippen LogP contribution in [0.3, 0.4) is 0 Å². The highest BCUT2D eigenvalue weighted by Gasteiger charge is 2.38. The number of carbonyl (C=O) groups is 12. The predicted octanol–water partition coefficient (Wildman–Crippen LogP) is 21.5. The molecule has 0 saturated carbocycles. The molecule has 117 heavy (non-hydrogen) atoms. The van der Waals surface area contributed by atoms with E-state index < -0.39 is 55.7 Å². The third-order valence-corrected chi connectivity index (χ3v) is 21.2. The molecule has 0 aromatic carbocycles. The molecule has 0 aromatic heterocycles. The number of rotatable bonds is 80. The van der Waals surface area contributed by atoms with Gasteiger partial charge in [0.15, 0.2) is 0 Å². The zero-order chi connectivity index (χ0) is 87.0. The topological polar surface area (TPSA) is 316 Å².